The molecule has 0 bridgehead atoms. The minimum Gasteiger partial charge on any atom is -0.444 e. The summed E-state index contributed by atoms with van der Waals surface area (Å²) in [5.74, 6) is 0.0336. The third kappa shape index (κ3) is 4.86. The number of benzene rings is 1. The molecule has 0 saturated carbocycles. The number of aldehydes is 1. The fourth-order valence-electron chi connectivity index (χ4n) is 2.79. The van der Waals surface area contributed by atoms with E-state index in [-0.39, 0.29) is 11.8 Å². The molecule has 0 radical (unpaired) electrons. The molecule has 2 unspecified atom stereocenters. The summed E-state index contributed by atoms with van der Waals surface area (Å²) in [7, 11) is 0. The van der Waals surface area contributed by atoms with Gasteiger partial charge < -0.3 is 14.8 Å². The second kappa shape index (κ2) is 6.95. The standard InChI is InChI=1S/C18H27NO3/c1-13(2)15(14-10-8-7-9-11-14)18(6,12-20)19-16(21)22-17(3,4)5/h7-13,15H,1-6H3,(H,19,21). The van der Waals surface area contributed by atoms with Crippen LogP contribution in [-0.4, -0.2) is 23.5 Å². The summed E-state index contributed by atoms with van der Waals surface area (Å²) in [5.41, 5.74) is -0.616. The zero-order valence-electron chi connectivity index (χ0n) is 14.3. The maximum atomic E-state index is 12.1. The van der Waals surface area contributed by atoms with E-state index in [4.69, 9.17) is 4.74 Å². The van der Waals surface area contributed by atoms with Gasteiger partial charge in [-0.05, 0) is 39.2 Å². The molecule has 2 atom stereocenters. The van der Waals surface area contributed by atoms with Crippen LogP contribution in [0.1, 0.15) is 53.0 Å². The average molecular weight is 305 g/mol. The van der Waals surface area contributed by atoms with Crippen molar-refractivity contribution < 1.29 is 14.3 Å². The van der Waals surface area contributed by atoms with Crippen LogP contribution in [0.3, 0.4) is 0 Å². The lowest BCUT2D eigenvalue weighted by atomic mass is 9.74. The normalized spacial score (nSPS) is 15.8. The SMILES string of the molecule is CC(C)C(c1ccccc1)C(C)(C=O)NC(=O)OC(C)(C)C. The van der Waals surface area contributed by atoms with Gasteiger partial charge in [0.05, 0.1) is 0 Å². The van der Waals surface area contributed by atoms with Crippen molar-refractivity contribution in [3.63, 3.8) is 0 Å². The Hall–Kier alpha value is -1.84. The van der Waals surface area contributed by atoms with E-state index >= 15 is 0 Å². The Labute approximate surface area is 133 Å². The zero-order valence-corrected chi connectivity index (χ0v) is 14.3. The van der Waals surface area contributed by atoms with Gasteiger partial charge in [0, 0.05) is 5.92 Å². The molecule has 1 aromatic rings. The van der Waals surface area contributed by atoms with Crippen molar-refractivity contribution >= 4 is 12.4 Å². The topological polar surface area (TPSA) is 55.4 Å². The summed E-state index contributed by atoms with van der Waals surface area (Å²) in [5, 5.41) is 2.75. The van der Waals surface area contributed by atoms with Gasteiger partial charge >= 0.3 is 6.09 Å². The highest BCUT2D eigenvalue weighted by Crippen LogP contribution is 2.34. The molecule has 0 aliphatic rings. The van der Waals surface area contributed by atoms with Gasteiger partial charge in [0.2, 0.25) is 0 Å². The Bertz CT molecular complexity index is 505. The second-order valence-corrected chi connectivity index (χ2v) is 7.16. The smallest absolute Gasteiger partial charge is 0.408 e. The molecular weight excluding hydrogens is 278 g/mol. The number of carbonyl (C=O) groups is 2. The first kappa shape index (κ1) is 18.2. The Kier molecular flexibility index (Phi) is 5.75. The number of alkyl carbamates (subject to hydrolysis) is 1. The molecule has 22 heavy (non-hydrogen) atoms. The molecule has 1 N–H and O–H groups in total. The van der Waals surface area contributed by atoms with E-state index < -0.39 is 17.2 Å². The lowest BCUT2D eigenvalue weighted by Gasteiger charge is -2.37. The zero-order chi connectivity index (χ0) is 17.0. The molecule has 122 valence electrons. The van der Waals surface area contributed by atoms with Crippen molar-refractivity contribution in [1.82, 2.24) is 5.32 Å². The van der Waals surface area contributed by atoms with Gasteiger partial charge in [0.25, 0.3) is 0 Å². The molecule has 0 aromatic heterocycles. The second-order valence-electron chi connectivity index (χ2n) is 7.16. The number of hydrogen-bond donors (Lipinski definition) is 1. The number of rotatable bonds is 5. The van der Waals surface area contributed by atoms with Gasteiger partial charge in [-0.1, -0.05) is 44.2 Å². The first-order chi connectivity index (χ1) is 10.1. The van der Waals surface area contributed by atoms with Crippen LogP contribution in [0.5, 0.6) is 0 Å². The van der Waals surface area contributed by atoms with Crippen molar-refractivity contribution in [2.45, 2.75) is 58.6 Å². The fraction of sp³-hybridized carbons (Fsp3) is 0.556. The lowest BCUT2D eigenvalue weighted by molar-refractivity contribution is -0.114. The van der Waals surface area contributed by atoms with E-state index in [0.29, 0.717) is 0 Å². The molecule has 1 rings (SSSR count). The fourth-order valence-corrected chi connectivity index (χ4v) is 2.79. The average Bonchev–Trinajstić information content (AvgIpc) is 2.37. The van der Waals surface area contributed by atoms with Crippen LogP contribution in [0, 0.1) is 5.92 Å². The van der Waals surface area contributed by atoms with Crippen LogP contribution in [-0.2, 0) is 9.53 Å². The molecular formula is C18H27NO3. The van der Waals surface area contributed by atoms with E-state index in [9.17, 15) is 9.59 Å². The van der Waals surface area contributed by atoms with E-state index in [0.717, 1.165) is 11.8 Å². The van der Waals surface area contributed by atoms with Crippen LogP contribution in [0.25, 0.3) is 0 Å². The number of hydrogen-bond acceptors (Lipinski definition) is 3. The van der Waals surface area contributed by atoms with Crippen molar-refractivity contribution in [2.24, 2.45) is 5.92 Å². The van der Waals surface area contributed by atoms with E-state index in [2.05, 4.69) is 5.32 Å². The van der Waals surface area contributed by atoms with Crippen LogP contribution in [0.15, 0.2) is 30.3 Å². The summed E-state index contributed by atoms with van der Waals surface area (Å²) in [4.78, 5) is 23.9. The summed E-state index contributed by atoms with van der Waals surface area (Å²) in [6.07, 6.45) is 0.220. The van der Waals surface area contributed by atoms with Crippen molar-refractivity contribution in [1.29, 1.82) is 0 Å². The Balaban J connectivity index is 3.07. The molecule has 0 heterocycles. The van der Waals surface area contributed by atoms with Crippen LogP contribution in [0.2, 0.25) is 0 Å². The Morgan fingerprint density at radius 1 is 1.14 bits per heavy atom. The van der Waals surface area contributed by atoms with Gasteiger partial charge in [0.1, 0.15) is 17.4 Å². The molecule has 0 fully saturated rings. The van der Waals surface area contributed by atoms with Crippen molar-refractivity contribution in [2.75, 3.05) is 0 Å². The largest absolute Gasteiger partial charge is 0.444 e. The summed E-state index contributed by atoms with van der Waals surface area (Å²) in [6.45, 7) is 11.2. The van der Waals surface area contributed by atoms with Crippen LogP contribution in [0.4, 0.5) is 4.79 Å². The highest BCUT2D eigenvalue weighted by Gasteiger charge is 2.39. The number of ether oxygens (including phenoxy) is 1. The van der Waals surface area contributed by atoms with E-state index in [1.165, 1.54) is 0 Å². The summed E-state index contributed by atoms with van der Waals surface area (Å²) < 4.78 is 5.29. The maximum Gasteiger partial charge on any atom is 0.408 e. The third-order valence-corrected chi connectivity index (χ3v) is 3.49. The summed E-state index contributed by atoms with van der Waals surface area (Å²) in [6, 6.07) is 9.75. The Morgan fingerprint density at radius 2 is 1.68 bits per heavy atom. The van der Waals surface area contributed by atoms with Crippen LogP contribution < -0.4 is 5.32 Å². The predicted molar refractivity (Wildman–Crippen MR) is 87.9 cm³/mol. The highest BCUT2D eigenvalue weighted by molar-refractivity contribution is 5.77. The monoisotopic (exact) mass is 305 g/mol. The van der Waals surface area contributed by atoms with Crippen molar-refractivity contribution in [3.8, 4) is 0 Å². The predicted octanol–water partition coefficient (Wildman–Crippen LogP) is 3.91. The molecule has 0 spiro atoms. The van der Waals surface area contributed by atoms with Gasteiger partial charge in [0.15, 0.2) is 0 Å². The van der Waals surface area contributed by atoms with Gasteiger partial charge in [-0.25, -0.2) is 4.79 Å². The molecule has 0 aliphatic heterocycles. The maximum absolute atomic E-state index is 12.1. The number of amides is 1. The first-order valence-electron chi connectivity index (χ1n) is 7.61. The molecule has 0 aliphatic carbocycles. The minimum absolute atomic E-state index is 0.140. The Morgan fingerprint density at radius 3 is 2.09 bits per heavy atom. The minimum atomic E-state index is -1.03. The molecule has 4 nitrogen and oxygen atoms in total. The number of carbonyl (C=O) groups excluding carboxylic acids is 2. The van der Waals surface area contributed by atoms with E-state index in [1.54, 1.807) is 27.7 Å². The lowest BCUT2D eigenvalue weighted by Crippen LogP contribution is -2.54. The van der Waals surface area contributed by atoms with Gasteiger partial charge in [-0.15, -0.1) is 0 Å². The highest BCUT2D eigenvalue weighted by atomic mass is 16.6. The molecule has 4 heteroatoms. The van der Waals surface area contributed by atoms with Crippen LogP contribution >= 0.6 is 0 Å². The van der Waals surface area contributed by atoms with Gasteiger partial charge in [-0.3, -0.25) is 0 Å². The number of nitrogens with one attached hydrogen (secondary N) is 1. The summed E-state index contributed by atoms with van der Waals surface area (Å²) >= 11 is 0. The van der Waals surface area contributed by atoms with Crippen molar-refractivity contribution in [3.05, 3.63) is 35.9 Å². The van der Waals surface area contributed by atoms with E-state index in [1.807, 2.05) is 44.2 Å². The third-order valence-electron chi connectivity index (χ3n) is 3.49. The quantitative estimate of drug-likeness (QED) is 0.839. The molecule has 1 amide bonds. The van der Waals surface area contributed by atoms with Gasteiger partial charge in [-0.2, -0.15) is 0 Å². The molecule has 0 saturated heterocycles. The first-order valence-corrected chi connectivity index (χ1v) is 7.61. The molecule has 1 aromatic carbocycles.